The van der Waals surface area contributed by atoms with E-state index in [0.29, 0.717) is 10.7 Å². The maximum Gasteiger partial charge on any atom is 0.255 e. The molecule has 2 aromatic rings. The lowest BCUT2D eigenvalue weighted by Gasteiger charge is -2.30. The number of anilines is 1. The van der Waals surface area contributed by atoms with Crippen molar-refractivity contribution in [3.8, 4) is 0 Å². The van der Waals surface area contributed by atoms with E-state index in [4.69, 9.17) is 12.2 Å². The van der Waals surface area contributed by atoms with Gasteiger partial charge in [0.2, 0.25) is 0 Å². The Balaban J connectivity index is 1.96. The molecule has 0 saturated heterocycles. The minimum absolute atomic E-state index is 0.148. The van der Waals surface area contributed by atoms with Crippen molar-refractivity contribution in [3.63, 3.8) is 0 Å². The predicted molar refractivity (Wildman–Crippen MR) is 109 cm³/mol. The highest BCUT2D eigenvalue weighted by Gasteiger charge is 2.29. The zero-order valence-corrected chi connectivity index (χ0v) is 15.9. The summed E-state index contributed by atoms with van der Waals surface area (Å²) in [5, 5.41) is 9.72. The molecule has 3 N–H and O–H groups in total. The fourth-order valence-electron chi connectivity index (χ4n) is 2.65. The Morgan fingerprint density at radius 1 is 1.17 bits per heavy atom. The van der Waals surface area contributed by atoms with Crippen LogP contribution in [0.15, 0.2) is 65.9 Å². The Labute approximate surface area is 159 Å². The van der Waals surface area contributed by atoms with Crippen LogP contribution in [0, 0.1) is 3.57 Å². The van der Waals surface area contributed by atoms with Gasteiger partial charge in [-0.1, -0.05) is 30.3 Å². The van der Waals surface area contributed by atoms with E-state index in [1.807, 2.05) is 55.5 Å². The second-order valence-corrected chi connectivity index (χ2v) is 7.10. The van der Waals surface area contributed by atoms with Crippen LogP contribution in [0.5, 0.6) is 0 Å². The fraction of sp³-hybridized carbons (Fsp3) is 0.111. The van der Waals surface area contributed by atoms with Gasteiger partial charge in [-0.3, -0.25) is 4.79 Å². The van der Waals surface area contributed by atoms with Gasteiger partial charge in [-0.15, -0.1) is 0 Å². The number of thiocarbonyl (C=S) groups is 1. The Morgan fingerprint density at radius 3 is 2.62 bits per heavy atom. The van der Waals surface area contributed by atoms with Crippen molar-refractivity contribution in [2.24, 2.45) is 0 Å². The van der Waals surface area contributed by atoms with Crippen molar-refractivity contribution < 1.29 is 4.79 Å². The highest BCUT2D eigenvalue weighted by atomic mass is 127. The van der Waals surface area contributed by atoms with Gasteiger partial charge in [-0.2, -0.15) is 0 Å². The number of halogens is 1. The molecule has 122 valence electrons. The summed E-state index contributed by atoms with van der Waals surface area (Å²) in [6.07, 6.45) is 0. The molecule has 0 radical (unpaired) electrons. The number of amides is 1. The van der Waals surface area contributed by atoms with E-state index in [0.717, 1.165) is 20.5 Å². The monoisotopic (exact) mass is 449 g/mol. The lowest BCUT2D eigenvalue weighted by atomic mass is 9.95. The molecule has 2 aromatic carbocycles. The number of carbonyl (C=O) groups excluding carboxylic acids is 1. The van der Waals surface area contributed by atoms with E-state index in [9.17, 15) is 4.79 Å². The van der Waals surface area contributed by atoms with Crippen molar-refractivity contribution in [2.75, 3.05) is 5.32 Å². The second-order valence-electron chi connectivity index (χ2n) is 5.45. The molecule has 0 aliphatic carbocycles. The SMILES string of the molecule is CC1=C(C(=O)Nc2ccccc2)C(c2cccc(I)c2)NC(=S)N1. The molecule has 1 aliphatic rings. The van der Waals surface area contributed by atoms with Crippen LogP contribution in [0.1, 0.15) is 18.5 Å². The van der Waals surface area contributed by atoms with Crippen LogP contribution in [-0.4, -0.2) is 11.0 Å². The molecule has 0 spiro atoms. The molecular weight excluding hydrogens is 433 g/mol. The van der Waals surface area contributed by atoms with Crippen LogP contribution in [0.4, 0.5) is 5.69 Å². The van der Waals surface area contributed by atoms with Gasteiger partial charge in [0, 0.05) is 15.0 Å². The molecular formula is C18H16IN3OS. The van der Waals surface area contributed by atoms with E-state index < -0.39 is 0 Å². The third-order valence-corrected chi connectivity index (χ3v) is 4.62. The Hall–Kier alpha value is -1.93. The maximum absolute atomic E-state index is 12.9. The standard InChI is InChI=1S/C18H16IN3OS/c1-11-15(17(23)21-14-8-3-2-4-9-14)16(22-18(24)20-11)12-6-5-7-13(19)10-12/h2-10,16H,1H3,(H,21,23)(H2,20,22,24). The van der Waals surface area contributed by atoms with Crippen molar-refractivity contribution in [1.82, 2.24) is 10.6 Å². The van der Waals surface area contributed by atoms with Crippen molar-refractivity contribution in [1.29, 1.82) is 0 Å². The first-order chi connectivity index (χ1) is 11.5. The Morgan fingerprint density at radius 2 is 1.92 bits per heavy atom. The molecule has 3 rings (SSSR count). The number of rotatable bonds is 3. The third-order valence-electron chi connectivity index (χ3n) is 3.73. The first kappa shape index (κ1) is 16.9. The number of carbonyl (C=O) groups is 1. The normalized spacial score (nSPS) is 17.1. The summed E-state index contributed by atoms with van der Waals surface area (Å²) in [4.78, 5) is 12.9. The number of allylic oxidation sites excluding steroid dienone is 1. The summed E-state index contributed by atoms with van der Waals surface area (Å²) in [6.45, 7) is 1.87. The Bertz CT molecular complexity index is 820. The van der Waals surface area contributed by atoms with Crippen LogP contribution in [-0.2, 0) is 4.79 Å². The van der Waals surface area contributed by atoms with Crippen molar-refractivity contribution in [3.05, 3.63) is 75.0 Å². The molecule has 1 amide bonds. The van der Waals surface area contributed by atoms with Gasteiger partial charge in [-0.25, -0.2) is 0 Å². The first-order valence-electron chi connectivity index (χ1n) is 7.45. The minimum Gasteiger partial charge on any atom is -0.351 e. The molecule has 1 unspecified atom stereocenters. The average molecular weight is 449 g/mol. The smallest absolute Gasteiger partial charge is 0.255 e. The van der Waals surface area contributed by atoms with Gasteiger partial charge in [-0.05, 0) is 71.6 Å². The number of hydrogen-bond donors (Lipinski definition) is 3. The lowest BCUT2D eigenvalue weighted by molar-refractivity contribution is -0.113. The molecule has 0 aromatic heterocycles. The van der Waals surface area contributed by atoms with Gasteiger partial charge in [0.1, 0.15) is 0 Å². The van der Waals surface area contributed by atoms with Gasteiger partial charge in [0.05, 0.1) is 11.6 Å². The summed E-state index contributed by atoms with van der Waals surface area (Å²) in [5.74, 6) is -0.148. The molecule has 24 heavy (non-hydrogen) atoms. The number of hydrogen-bond acceptors (Lipinski definition) is 2. The molecule has 6 heteroatoms. The average Bonchev–Trinajstić information content (AvgIpc) is 2.55. The number of para-hydroxylation sites is 1. The fourth-order valence-corrected chi connectivity index (χ4v) is 3.49. The van der Waals surface area contributed by atoms with Crippen LogP contribution in [0.3, 0.4) is 0 Å². The maximum atomic E-state index is 12.9. The van der Waals surface area contributed by atoms with E-state index in [1.165, 1.54) is 0 Å². The zero-order chi connectivity index (χ0) is 17.1. The van der Waals surface area contributed by atoms with Gasteiger partial charge < -0.3 is 16.0 Å². The molecule has 4 nitrogen and oxygen atoms in total. The highest BCUT2D eigenvalue weighted by molar-refractivity contribution is 14.1. The minimum atomic E-state index is -0.280. The molecule has 0 saturated carbocycles. The predicted octanol–water partition coefficient (Wildman–Crippen LogP) is 3.72. The second kappa shape index (κ2) is 7.31. The largest absolute Gasteiger partial charge is 0.351 e. The van der Waals surface area contributed by atoms with Gasteiger partial charge >= 0.3 is 0 Å². The van der Waals surface area contributed by atoms with Crippen LogP contribution in [0.2, 0.25) is 0 Å². The van der Waals surface area contributed by atoms with Crippen LogP contribution < -0.4 is 16.0 Å². The van der Waals surface area contributed by atoms with Gasteiger partial charge in [0.15, 0.2) is 5.11 Å². The molecule has 1 atom stereocenters. The number of benzene rings is 2. The summed E-state index contributed by atoms with van der Waals surface area (Å²) in [6, 6.07) is 17.2. The summed E-state index contributed by atoms with van der Waals surface area (Å²) in [7, 11) is 0. The lowest BCUT2D eigenvalue weighted by Crippen LogP contribution is -2.45. The third kappa shape index (κ3) is 3.76. The molecule has 1 aliphatic heterocycles. The zero-order valence-electron chi connectivity index (χ0n) is 13.0. The van der Waals surface area contributed by atoms with E-state index in [1.54, 1.807) is 0 Å². The topological polar surface area (TPSA) is 53.2 Å². The molecule has 0 fully saturated rings. The summed E-state index contributed by atoms with van der Waals surface area (Å²) in [5.41, 5.74) is 3.16. The van der Waals surface area contributed by atoms with E-state index in [-0.39, 0.29) is 11.9 Å². The molecule has 1 heterocycles. The highest BCUT2D eigenvalue weighted by Crippen LogP contribution is 2.28. The first-order valence-corrected chi connectivity index (χ1v) is 8.93. The van der Waals surface area contributed by atoms with E-state index in [2.05, 4.69) is 44.6 Å². The molecule has 0 bridgehead atoms. The van der Waals surface area contributed by atoms with Crippen LogP contribution >= 0.6 is 34.8 Å². The van der Waals surface area contributed by atoms with Crippen molar-refractivity contribution in [2.45, 2.75) is 13.0 Å². The summed E-state index contributed by atoms with van der Waals surface area (Å²) >= 11 is 7.53. The van der Waals surface area contributed by atoms with Crippen LogP contribution in [0.25, 0.3) is 0 Å². The number of nitrogens with one attached hydrogen (secondary N) is 3. The van der Waals surface area contributed by atoms with Gasteiger partial charge in [0.25, 0.3) is 5.91 Å². The van der Waals surface area contributed by atoms with E-state index >= 15 is 0 Å². The van der Waals surface area contributed by atoms with Crippen molar-refractivity contribution >= 4 is 51.5 Å². The summed E-state index contributed by atoms with van der Waals surface area (Å²) < 4.78 is 1.11. The quantitative estimate of drug-likeness (QED) is 0.494. The Kier molecular flexibility index (Phi) is 5.15.